The molecule has 0 saturated carbocycles. The summed E-state index contributed by atoms with van der Waals surface area (Å²) in [5, 5.41) is 9.78. The van der Waals surface area contributed by atoms with Crippen LogP contribution in [0.3, 0.4) is 0 Å². The number of carbonyl (C=O) groups excluding carboxylic acids is 1. The van der Waals surface area contributed by atoms with Crippen molar-refractivity contribution in [1.29, 1.82) is 0 Å². The third kappa shape index (κ3) is 5.25. The Morgan fingerprint density at radius 3 is 2.69 bits per heavy atom. The number of nitrogens with one attached hydrogen (secondary N) is 1. The number of aromatic nitrogens is 2. The van der Waals surface area contributed by atoms with E-state index in [1.807, 2.05) is 60.1 Å². The molecule has 0 aliphatic rings. The van der Waals surface area contributed by atoms with Crippen LogP contribution in [0.2, 0.25) is 5.02 Å². The maximum Gasteiger partial charge on any atom is 0.265 e. The fraction of sp³-hybridized carbons (Fsp3) is 0.0909. The highest BCUT2D eigenvalue weighted by Gasteiger charge is 2.11. The molecule has 5 nitrogen and oxygen atoms in total. The van der Waals surface area contributed by atoms with E-state index < -0.39 is 0 Å². The van der Waals surface area contributed by atoms with Crippen LogP contribution in [0.5, 0.6) is 5.75 Å². The van der Waals surface area contributed by atoms with Crippen molar-refractivity contribution in [2.24, 2.45) is 0 Å². The van der Waals surface area contributed by atoms with Gasteiger partial charge in [-0.15, -0.1) is 11.3 Å². The molecule has 2 aromatic heterocycles. The summed E-state index contributed by atoms with van der Waals surface area (Å²) in [6.45, 7) is 1.04. The van der Waals surface area contributed by atoms with Gasteiger partial charge in [0.1, 0.15) is 12.4 Å². The van der Waals surface area contributed by atoms with Crippen molar-refractivity contribution in [2.45, 2.75) is 13.2 Å². The maximum absolute atomic E-state index is 12.5. The Bertz CT molecular complexity index is 1090. The van der Waals surface area contributed by atoms with Crippen LogP contribution in [0.1, 0.15) is 20.8 Å². The molecule has 29 heavy (non-hydrogen) atoms. The summed E-state index contributed by atoms with van der Waals surface area (Å²) < 4.78 is 7.52. The Morgan fingerprint density at radius 2 is 1.90 bits per heavy atom. The largest absolute Gasteiger partial charge is 0.489 e. The summed E-state index contributed by atoms with van der Waals surface area (Å²) in [5.74, 6) is 0.574. The lowest BCUT2D eigenvalue weighted by Gasteiger charge is -2.04. The van der Waals surface area contributed by atoms with Crippen LogP contribution in [0.4, 0.5) is 5.69 Å². The van der Waals surface area contributed by atoms with Gasteiger partial charge in [0.25, 0.3) is 5.91 Å². The van der Waals surface area contributed by atoms with Crippen LogP contribution in [0, 0.1) is 0 Å². The first kappa shape index (κ1) is 19.2. The molecule has 1 N–H and O–H groups in total. The first-order valence-electron chi connectivity index (χ1n) is 8.99. The average Bonchev–Trinajstić information content (AvgIpc) is 3.38. The Kier molecular flexibility index (Phi) is 5.93. The number of hydrogen-bond donors (Lipinski definition) is 1. The third-order valence-corrected chi connectivity index (χ3v) is 5.40. The molecule has 0 fully saturated rings. The highest BCUT2D eigenvalue weighted by Crippen LogP contribution is 2.20. The molecule has 146 valence electrons. The SMILES string of the molecule is O=C(Nc1cnn(Cc2ccccc2)c1)c1cc(COc2ccc(Cl)cc2)cs1. The Balaban J connectivity index is 1.32. The van der Waals surface area contributed by atoms with Gasteiger partial charge in [-0.05, 0) is 41.3 Å². The van der Waals surface area contributed by atoms with Crippen molar-refractivity contribution in [3.63, 3.8) is 0 Å². The third-order valence-electron chi connectivity index (χ3n) is 4.18. The minimum absolute atomic E-state index is 0.160. The molecule has 0 aliphatic carbocycles. The summed E-state index contributed by atoms with van der Waals surface area (Å²) in [4.78, 5) is 13.1. The van der Waals surface area contributed by atoms with Crippen molar-refractivity contribution >= 4 is 34.5 Å². The highest BCUT2D eigenvalue weighted by molar-refractivity contribution is 7.12. The second-order valence-corrected chi connectivity index (χ2v) is 7.78. The molecule has 0 saturated heterocycles. The number of amides is 1. The van der Waals surface area contributed by atoms with Crippen LogP contribution in [-0.2, 0) is 13.2 Å². The average molecular weight is 424 g/mol. The van der Waals surface area contributed by atoms with Gasteiger partial charge in [-0.2, -0.15) is 5.10 Å². The second-order valence-electron chi connectivity index (χ2n) is 6.43. The van der Waals surface area contributed by atoms with E-state index in [0.29, 0.717) is 28.7 Å². The van der Waals surface area contributed by atoms with Crippen LogP contribution in [-0.4, -0.2) is 15.7 Å². The second kappa shape index (κ2) is 8.94. The molecule has 0 atom stereocenters. The molecule has 0 unspecified atom stereocenters. The summed E-state index contributed by atoms with van der Waals surface area (Å²) in [6.07, 6.45) is 3.47. The van der Waals surface area contributed by atoms with Crippen molar-refractivity contribution in [3.8, 4) is 5.75 Å². The van der Waals surface area contributed by atoms with Crippen LogP contribution >= 0.6 is 22.9 Å². The van der Waals surface area contributed by atoms with E-state index in [0.717, 1.165) is 16.9 Å². The lowest BCUT2D eigenvalue weighted by molar-refractivity contribution is 0.103. The van der Waals surface area contributed by atoms with Crippen molar-refractivity contribution in [3.05, 3.63) is 99.5 Å². The molecule has 1 amide bonds. The van der Waals surface area contributed by atoms with Gasteiger partial charge in [0, 0.05) is 16.8 Å². The maximum atomic E-state index is 12.5. The molecular weight excluding hydrogens is 406 g/mol. The van der Waals surface area contributed by atoms with E-state index in [1.54, 1.807) is 23.0 Å². The smallest absolute Gasteiger partial charge is 0.265 e. The first-order valence-corrected chi connectivity index (χ1v) is 10.2. The quantitative estimate of drug-likeness (QED) is 0.428. The van der Waals surface area contributed by atoms with Crippen LogP contribution < -0.4 is 10.1 Å². The molecule has 0 radical (unpaired) electrons. The van der Waals surface area contributed by atoms with Crippen molar-refractivity contribution in [1.82, 2.24) is 9.78 Å². The minimum Gasteiger partial charge on any atom is -0.489 e. The zero-order chi connectivity index (χ0) is 20.1. The van der Waals surface area contributed by atoms with E-state index in [9.17, 15) is 4.79 Å². The normalized spacial score (nSPS) is 10.7. The lowest BCUT2D eigenvalue weighted by atomic mass is 10.2. The number of nitrogens with zero attached hydrogens (tertiary/aromatic N) is 2. The zero-order valence-corrected chi connectivity index (χ0v) is 17.0. The molecule has 0 bridgehead atoms. The molecule has 2 heterocycles. The van der Waals surface area contributed by atoms with E-state index in [-0.39, 0.29) is 5.91 Å². The number of ether oxygens (including phenoxy) is 1. The molecular formula is C22H18ClN3O2S. The van der Waals surface area contributed by atoms with E-state index in [2.05, 4.69) is 10.4 Å². The van der Waals surface area contributed by atoms with Gasteiger partial charge in [0.05, 0.1) is 23.3 Å². The number of thiophene rings is 1. The Morgan fingerprint density at radius 1 is 1.10 bits per heavy atom. The first-order chi connectivity index (χ1) is 14.2. The molecule has 4 rings (SSSR count). The van der Waals surface area contributed by atoms with Crippen molar-refractivity contribution < 1.29 is 9.53 Å². The standard InChI is InChI=1S/C22H18ClN3O2S/c23-18-6-8-20(9-7-18)28-14-17-10-21(29-15-17)22(27)25-19-11-24-26(13-19)12-16-4-2-1-3-5-16/h1-11,13,15H,12,14H2,(H,25,27). The monoisotopic (exact) mass is 423 g/mol. The number of hydrogen-bond acceptors (Lipinski definition) is 4. The minimum atomic E-state index is -0.160. The van der Waals surface area contributed by atoms with E-state index in [1.165, 1.54) is 11.3 Å². The summed E-state index contributed by atoms with van der Waals surface area (Å²) in [5.41, 5.74) is 2.75. The predicted octanol–water partition coefficient (Wildman–Crippen LogP) is 5.48. The number of rotatable bonds is 7. The number of halogens is 1. The van der Waals surface area contributed by atoms with Gasteiger partial charge < -0.3 is 10.1 Å². The molecule has 7 heteroatoms. The number of benzene rings is 2. The van der Waals surface area contributed by atoms with Gasteiger partial charge in [-0.25, -0.2) is 0 Å². The summed E-state index contributed by atoms with van der Waals surface area (Å²) >= 11 is 7.25. The Hall–Kier alpha value is -3.09. The summed E-state index contributed by atoms with van der Waals surface area (Å²) in [7, 11) is 0. The van der Waals surface area contributed by atoms with Crippen LogP contribution in [0.15, 0.2) is 78.4 Å². The fourth-order valence-corrected chi connectivity index (χ4v) is 3.66. The number of anilines is 1. The Labute approximate surface area is 177 Å². The molecule has 4 aromatic rings. The van der Waals surface area contributed by atoms with Gasteiger partial charge in [0.2, 0.25) is 0 Å². The predicted molar refractivity (Wildman–Crippen MR) is 116 cm³/mol. The van der Waals surface area contributed by atoms with Gasteiger partial charge in [-0.3, -0.25) is 9.48 Å². The van der Waals surface area contributed by atoms with E-state index >= 15 is 0 Å². The van der Waals surface area contributed by atoms with Crippen LogP contribution in [0.25, 0.3) is 0 Å². The fourth-order valence-electron chi connectivity index (χ4n) is 2.75. The van der Waals surface area contributed by atoms with Crippen molar-refractivity contribution in [2.75, 3.05) is 5.32 Å². The van der Waals surface area contributed by atoms with E-state index in [4.69, 9.17) is 16.3 Å². The zero-order valence-electron chi connectivity index (χ0n) is 15.4. The number of carbonyl (C=O) groups is 1. The topological polar surface area (TPSA) is 56.2 Å². The lowest BCUT2D eigenvalue weighted by Crippen LogP contribution is -2.09. The molecule has 2 aromatic carbocycles. The highest BCUT2D eigenvalue weighted by atomic mass is 35.5. The molecule has 0 spiro atoms. The molecule has 0 aliphatic heterocycles. The van der Waals surface area contributed by atoms with Gasteiger partial charge >= 0.3 is 0 Å². The van der Waals surface area contributed by atoms with Gasteiger partial charge in [-0.1, -0.05) is 41.9 Å². The van der Waals surface area contributed by atoms with Gasteiger partial charge in [0.15, 0.2) is 0 Å². The summed E-state index contributed by atoms with van der Waals surface area (Å²) in [6, 6.07) is 19.1.